The minimum atomic E-state index is -0.526. The zero-order chi connectivity index (χ0) is 17.5. The summed E-state index contributed by atoms with van der Waals surface area (Å²) in [5, 5.41) is 0. The van der Waals surface area contributed by atoms with Gasteiger partial charge in [0.25, 0.3) is 5.91 Å². The van der Waals surface area contributed by atoms with Gasteiger partial charge in [-0.1, -0.05) is 6.07 Å². The fraction of sp³-hybridized carbons (Fsp3) is 0.167. The number of benzene rings is 2. The molecule has 124 valence electrons. The van der Waals surface area contributed by atoms with Gasteiger partial charge >= 0.3 is 5.97 Å². The Bertz CT molecular complexity index is 767. The molecule has 6 heteroatoms. The Balaban J connectivity index is 2.13. The van der Waals surface area contributed by atoms with Gasteiger partial charge in [0.2, 0.25) is 0 Å². The fourth-order valence-corrected chi connectivity index (χ4v) is 2.04. The molecule has 2 N–H and O–H groups in total. The summed E-state index contributed by atoms with van der Waals surface area (Å²) in [7, 11) is 1.35. The van der Waals surface area contributed by atoms with Crippen molar-refractivity contribution in [1.29, 1.82) is 0 Å². The molecule has 0 aliphatic rings. The van der Waals surface area contributed by atoms with Gasteiger partial charge in [-0.15, -0.1) is 0 Å². The van der Waals surface area contributed by atoms with Crippen LogP contribution < -0.4 is 10.5 Å². The first-order valence-corrected chi connectivity index (χ1v) is 7.24. The Morgan fingerprint density at radius 2 is 1.88 bits per heavy atom. The van der Waals surface area contributed by atoms with Gasteiger partial charge < -0.3 is 15.2 Å². The summed E-state index contributed by atoms with van der Waals surface area (Å²) in [4.78, 5) is 26.8. The number of aliphatic imine (C=N–C) groups is 1. The molecule has 2 rings (SSSR count). The minimum Gasteiger partial charge on any atom is -0.484 e. The Hall–Kier alpha value is -3.15. The number of hydrogen-bond acceptors (Lipinski definition) is 5. The topological polar surface area (TPSA) is 91.0 Å². The minimum absolute atomic E-state index is 0.160. The van der Waals surface area contributed by atoms with Crippen molar-refractivity contribution < 1.29 is 19.1 Å². The Kier molecular flexibility index (Phi) is 5.68. The van der Waals surface area contributed by atoms with Crippen molar-refractivity contribution in [3.8, 4) is 5.75 Å². The number of primary amides is 1. The fourth-order valence-electron chi connectivity index (χ4n) is 2.04. The van der Waals surface area contributed by atoms with E-state index in [0.29, 0.717) is 17.0 Å². The van der Waals surface area contributed by atoms with Crippen molar-refractivity contribution in [1.82, 2.24) is 0 Å². The van der Waals surface area contributed by atoms with Crippen LogP contribution in [0.1, 0.15) is 21.5 Å². The van der Waals surface area contributed by atoms with Gasteiger partial charge in [0.1, 0.15) is 5.75 Å². The van der Waals surface area contributed by atoms with E-state index in [9.17, 15) is 9.59 Å². The predicted octanol–water partition coefficient (Wildman–Crippen LogP) is 2.40. The number of hydrogen-bond donors (Lipinski definition) is 1. The lowest BCUT2D eigenvalue weighted by atomic mass is 10.1. The molecule has 0 fully saturated rings. The summed E-state index contributed by atoms with van der Waals surface area (Å²) in [5.41, 5.74) is 7.80. The molecule has 0 heterocycles. The number of amides is 1. The van der Waals surface area contributed by atoms with Gasteiger partial charge in [0, 0.05) is 6.21 Å². The molecule has 0 radical (unpaired) electrons. The van der Waals surface area contributed by atoms with E-state index < -0.39 is 5.91 Å². The molecule has 0 atom stereocenters. The number of nitrogens with zero attached hydrogens (tertiary/aromatic N) is 1. The third-order valence-electron chi connectivity index (χ3n) is 3.32. The van der Waals surface area contributed by atoms with Gasteiger partial charge in [0.05, 0.1) is 18.4 Å². The van der Waals surface area contributed by atoms with Crippen molar-refractivity contribution in [3.63, 3.8) is 0 Å². The zero-order valence-corrected chi connectivity index (χ0v) is 13.5. The van der Waals surface area contributed by atoms with Crippen LogP contribution >= 0.6 is 0 Å². The molecule has 6 nitrogen and oxygen atoms in total. The maximum atomic E-state index is 11.7. The number of carbonyl (C=O) groups is 2. The molecule has 0 aliphatic heterocycles. The normalized spacial score (nSPS) is 10.6. The van der Waals surface area contributed by atoms with Crippen molar-refractivity contribution >= 4 is 23.8 Å². The number of carbonyl (C=O) groups excluding carboxylic acids is 2. The van der Waals surface area contributed by atoms with Crippen molar-refractivity contribution in [2.45, 2.75) is 6.92 Å². The van der Waals surface area contributed by atoms with Gasteiger partial charge in [-0.05, 0) is 54.4 Å². The second-order valence-electron chi connectivity index (χ2n) is 5.02. The first kappa shape index (κ1) is 17.2. The van der Waals surface area contributed by atoms with E-state index >= 15 is 0 Å². The van der Waals surface area contributed by atoms with Crippen LogP contribution in [0.2, 0.25) is 0 Å². The number of esters is 1. The second kappa shape index (κ2) is 7.92. The third kappa shape index (κ3) is 4.42. The third-order valence-corrected chi connectivity index (χ3v) is 3.32. The Morgan fingerprint density at radius 1 is 1.17 bits per heavy atom. The van der Waals surface area contributed by atoms with Crippen molar-refractivity contribution in [3.05, 3.63) is 59.2 Å². The largest absolute Gasteiger partial charge is 0.484 e. The number of methoxy groups -OCH3 is 1. The van der Waals surface area contributed by atoms with Crippen LogP contribution in [0.5, 0.6) is 5.75 Å². The zero-order valence-electron chi connectivity index (χ0n) is 13.5. The first-order valence-electron chi connectivity index (χ1n) is 7.24. The number of rotatable bonds is 6. The Morgan fingerprint density at radius 3 is 2.50 bits per heavy atom. The van der Waals surface area contributed by atoms with E-state index in [2.05, 4.69) is 4.99 Å². The molecule has 0 spiro atoms. The van der Waals surface area contributed by atoms with E-state index in [1.807, 2.05) is 13.0 Å². The molecule has 0 unspecified atom stereocenters. The van der Waals surface area contributed by atoms with Crippen molar-refractivity contribution in [2.24, 2.45) is 10.7 Å². The summed E-state index contributed by atoms with van der Waals surface area (Å²) >= 11 is 0. The standard InChI is InChI=1S/C18H18N2O4/c1-12-15(18(22)23-2)4-3-5-16(12)20-10-13-6-8-14(9-7-13)24-11-17(19)21/h3-10H,11H2,1-2H3,(H2,19,21). The van der Waals surface area contributed by atoms with Crippen LogP contribution in [0.3, 0.4) is 0 Å². The van der Waals surface area contributed by atoms with Gasteiger partial charge in [-0.2, -0.15) is 0 Å². The number of nitrogens with two attached hydrogens (primary N) is 1. The molecule has 0 bridgehead atoms. The quantitative estimate of drug-likeness (QED) is 0.652. The molecule has 0 aromatic heterocycles. The lowest BCUT2D eigenvalue weighted by Crippen LogP contribution is -2.19. The molecule has 24 heavy (non-hydrogen) atoms. The van der Waals surface area contributed by atoms with Crippen LogP contribution in [-0.4, -0.2) is 31.8 Å². The van der Waals surface area contributed by atoms with Crippen molar-refractivity contribution in [2.75, 3.05) is 13.7 Å². The van der Waals surface area contributed by atoms with E-state index in [4.69, 9.17) is 15.2 Å². The molecular formula is C18H18N2O4. The van der Waals surface area contributed by atoms with E-state index in [-0.39, 0.29) is 12.6 Å². The van der Waals surface area contributed by atoms with Crippen LogP contribution in [0.15, 0.2) is 47.5 Å². The Labute approximate surface area is 139 Å². The molecular weight excluding hydrogens is 308 g/mol. The second-order valence-corrected chi connectivity index (χ2v) is 5.02. The predicted molar refractivity (Wildman–Crippen MR) is 90.9 cm³/mol. The molecule has 0 saturated carbocycles. The maximum Gasteiger partial charge on any atom is 0.338 e. The molecule has 0 aliphatic carbocycles. The lowest BCUT2D eigenvalue weighted by molar-refractivity contribution is -0.119. The average molecular weight is 326 g/mol. The molecule has 2 aromatic rings. The highest BCUT2D eigenvalue weighted by molar-refractivity contribution is 5.93. The van der Waals surface area contributed by atoms with Crippen LogP contribution in [0.4, 0.5) is 5.69 Å². The maximum absolute atomic E-state index is 11.7. The molecule has 2 aromatic carbocycles. The monoisotopic (exact) mass is 326 g/mol. The van der Waals surface area contributed by atoms with Gasteiger partial charge in [0.15, 0.2) is 6.61 Å². The lowest BCUT2D eigenvalue weighted by Gasteiger charge is -2.06. The van der Waals surface area contributed by atoms with Crippen LogP contribution in [0.25, 0.3) is 0 Å². The van der Waals surface area contributed by atoms with Gasteiger partial charge in [-0.3, -0.25) is 9.79 Å². The highest BCUT2D eigenvalue weighted by Crippen LogP contribution is 2.22. The summed E-state index contributed by atoms with van der Waals surface area (Å²) in [6.45, 7) is 1.66. The highest BCUT2D eigenvalue weighted by Gasteiger charge is 2.10. The van der Waals surface area contributed by atoms with E-state index in [1.165, 1.54) is 7.11 Å². The summed E-state index contributed by atoms with van der Waals surface area (Å²) in [6, 6.07) is 12.3. The highest BCUT2D eigenvalue weighted by atomic mass is 16.5. The summed E-state index contributed by atoms with van der Waals surface area (Å²) < 4.78 is 9.94. The van der Waals surface area contributed by atoms with E-state index in [1.54, 1.807) is 42.6 Å². The van der Waals surface area contributed by atoms with Crippen LogP contribution in [-0.2, 0) is 9.53 Å². The van der Waals surface area contributed by atoms with Gasteiger partial charge in [-0.25, -0.2) is 4.79 Å². The average Bonchev–Trinajstić information content (AvgIpc) is 2.59. The SMILES string of the molecule is COC(=O)c1cccc(N=Cc2ccc(OCC(N)=O)cc2)c1C. The smallest absolute Gasteiger partial charge is 0.338 e. The summed E-state index contributed by atoms with van der Waals surface area (Å²) in [6.07, 6.45) is 1.68. The van der Waals surface area contributed by atoms with E-state index in [0.717, 1.165) is 11.1 Å². The number of ether oxygens (including phenoxy) is 2. The van der Waals surface area contributed by atoms with Crippen LogP contribution in [0, 0.1) is 6.92 Å². The molecule has 0 saturated heterocycles. The first-order chi connectivity index (χ1) is 11.5. The summed E-state index contributed by atoms with van der Waals surface area (Å²) in [5.74, 6) is -0.364. The molecule has 1 amide bonds.